The predicted molar refractivity (Wildman–Crippen MR) is 82.9 cm³/mol. The Morgan fingerprint density at radius 3 is 2.38 bits per heavy atom. The van der Waals surface area contributed by atoms with Crippen molar-refractivity contribution >= 4 is 40.7 Å². The predicted octanol–water partition coefficient (Wildman–Crippen LogP) is 4.80. The second-order valence-electron chi connectivity index (χ2n) is 4.17. The van der Waals surface area contributed by atoms with Gasteiger partial charge in [0.25, 0.3) is 5.69 Å². The summed E-state index contributed by atoms with van der Waals surface area (Å²) in [6.07, 6.45) is 2.84. The summed E-state index contributed by atoms with van der Waals surface area (Å²) >= 11 is 11.5. The van der Waals surface area contributed by atoms with Gasteiger partial charge in [-0.1, -0.05) is 35.3 Å². The van der Waals surface area contributed by atoms with E-state index in [-0.39, 0.29) is 16.5 Å². The normalized spacial score (nSPS) is 10.8. The number of benzene rings is 2. The quantitative estimate of drug-likeness (QED) is 0.352. The molecule has 0 aromatic heterocycles. The van der Waals surface area contributed by atoms with Crippen LogP contribution in [0.4, 0.5) is 5.69 Å². The van der Waals surface area contributed by atoms with Crippen LogP contribution in [-0.4, -0.2) is 10.7 Å². The fourth-order valence-corrected chi connectivity index (χ4v) is 1.97. The first kappa shape index (κ1) is 15.2. The van der Waals surface area contributed by atoms with E-state index in [1.165, 1.54) is 24.3 Å². The summed E-state index contributed by atoms with van der Waals surface area (Å²) in [5, 5.41) is 11.4. The zero-order valence-corrected chi connectivity index (χ0v) is 12.1. The Morgan fingerprint density at radius 1 is 1.10 bits per heavy atom. The maximum Gasteiger partial charge on any atom is 0.288 e. The van der Waals surface area contributed by atoms with Gasteiger partial charge in [0.2, 0.25) is 0 Å². The Kier molecular flexibility index (Phi) is 4.73. The summed E-state index contributed by atoms with van der Waals surface area (Å²) in [7, 11) is 0. The third-order valence-corrected chi connectivity index (χ3v) is 3.29. The molecule has 0 spiro atoms. The number of nitro groups is 1. The van der Waals surface area contributed by atoms with Crippen LogP contribution in [0.15, 0.2) is 48.5 Å². The minimum atomic E-state index is -0.569. The molecule has 0 atom stereocenters. The van der Waals surface area contributed by atoms with Crippen molar-refractivity contribution in [1.29, 1.82) is 0 Å². The molecule has 0 saturated heterocycles. The highest BCUT2D eigenvalue weighted by molar-refractivity contribution is 6.32. The Bertz CT molecular complexity index is 724. The molecule has 106 valence electrons. The third kappa shape index (κ3) is 3.90. The summed E-state index contributed by atoms with van der Waals surface area (Å²) in [5.74, 6) is -0.218. The van der Waals surface area contributed by atoms with Crippen molar-refractivity contribution < 1.29 is 9.72 Å². The molecule has 4 nitrogen and oxygen atoms in total. The van der Waals surface area contributed by atoms with Gasteiger partial charge in [0.15, 0.2) is 5.78 Å². The van der Waals surface area contributed by atoms with E-state index in [4.69, 9.17) is 23.2 Å². The number of rotatable bonds is 4. The van der Waals surface area contributed by atoms with Crippen molar-refractivity contribution in [2.24, 2.45) is 0 Å². The van der Waals surface area contributed by atoms with Gasteiger partial charge in [-0.3, -0.25) is 14.9 Å². The van der Waals surface area contributed by atoms with Gasteiger partial charge >= 0.3 is 0 Å². The Morgan fingerprint density at radius 2 is 1.76 bits per heavy atom. The standard InChI is InChI=1S/C15H9Cl2NO3/c16-12-5-3-11(4-6-12)15(19)8-2-10-1-7-13(17)14(9-10)18(20)21/h1-9H. The Labute approximate surface area is 130 Å². The summed E-state index contributed by atoms with van der Waals surface area (Å²) < 4.78 is 0. The fraction of sp³-hybridized carbons (Fsp3) is 0. The van der Waals surface area contributed by atoms with E-state index in [0.29, 0.717) is 16.1 Å². The van der Waals surface area contributed by atoms with Crippen LogP contribution < -0.4 is 0 Å². The second kappa shape index (κ2) is 6.52. The summed E-state index contributed by atoms with van der Waals surface area (Å²) in [6.45, 7) is 0. The molecule has 2 aromatic carbocycles. The third-order valence-electron chi connectivity index (χ3n) is 2.72. The number of hydrogen-bond donors (Lipinski definition) is 0. The van der Waals surface area contributed by atoms with E-state index < -0.39 is 4.92 Å². The molecule has 0 aliphatic carbocycles. The van der Waals surface area contributed by atoms with Gasteiger partial charge in [0.1, 0.15) is 5.02 Å². The molecule has 0 heterocycles. The number of ketones is 1. The number of nitrogens with zero attached hydrogens (tertiary/aromatic N) is 1. The van der Waals surface area contributed by atoms with Crippen molar-refractivity contribution in [1.82, 2.24) is 0 Å². The number of allylic oxidation sites excluding steroid dienone is 1. The average Bonchev–Trinajstić information content (AvgIpc) is 2.46. The topological polar surface area (TPSA) is 60.2 Å². The second-order valence-corrected chi connectivity index (χ2v) is 5.02. The van der Waals surface area contributed by atoms with Crippen LogP contribution in [0.3, 0.4) is 0 Å². The zero-order chi connectivity index (χ0) is 15.4. The minimum absolute atomic E-state index is 0.0566. The van der Waals surface area contributed by atoms with Crippen molar-refractivity contribution in [3.63, 3.8) is 0 Å². The number of carbonyl (C=O) groups is 1. The summed E-state index contributed by atoms with van der Waals surface area (Å²) in [6, 6.07) is 10.8. The molecule has 0 radical (unpaired) electrons. The first-order valence-corrected chi connectivity index (χ1v) is 6.65. The fourth-order valence-electron chi connectivity index (χ4n) is 1.66. The SMILES string of the molecule is O=C(C=Cc1ccc(Cl)c([N+](=O)[O-])c1)c1ccc(Cl)cc1. The average molecular weight is 322 g/mol. The van der Waals surface area contributed by atoms with Gasteiger partial charge in [-0.2, -0.15) is 0 Å². The summed E-state index contributed by atoms with van der Waals surface area (Å²) in [5.41, 5.74) is 0.810. The minimum Gasteiger partial charge on any atom is -0.289 e. The largest absolute Gasteiger partial charge is 0.289 e. The van der Waals surface area contributed by atoms with E-state index in [9.17, 15) is 14.9 Å². The van der Waals surface area contributed by atoms with Crippen LogP contribution in [0, 0.1) is 10.1 Å². The zero-order valence-electron chi connectivity index (χ0n) is 10.6. The van der Waals surface area contributed by atoms with Crippen molar-refractivity contribution in [2.45, 2.75) is 0 Å². The number of nitro benzene ring substituents is 1. The van der Waals surface area contributed by atoms with E-state index in [1.807, 2.05) is 0 Å². The first-order valence-electron chi connectivity index (χ1n) is 5.89. The Balaban J connectivity index is 2.21. The van der Waals surface area contributed by atoms with Crippen molar-refractivity contribution in [3.8, 4) is 0 Å². The molecule has 0 saturated carbocycles. The molecule has 0 unspecified atom stereocenters. The molecule has 0 amide bonds. The van der Waals surface area contributed by atoms with Gasteiger partial charge in [0, 0.05) is 16.7 Å². The van der Waals surface area contributed by atoms with Crippen LogP contribution in [0.5, 0.6) is 0 Å². The van der Waals surface area contributed by atoms with Gasteiger partial charge in [-0.05, 0) is 42.0 Å². The highest BCUT2D eigenvalue weighted by Gasteiger charge is 2.11. The summed E-state index contributed by atoms with van der Waals surface area (Å²) in [4.78, 5) is 22.1. The molecule has 0 aliphatic heterocycles. The highest BCUT2D eigenvalue weighted by Crippen LogP contribution is 2.25. The molecule has 0 bridgehead atoms. The van der Waals surface area contributed by atoms with E-state index in [0.717, 1.165) is 0 Å². The molecule has 2 rings (SSSR count). The van der Waals surface area contributed by atoms with Gasteiger partial charge < -0.3 is 0 Å². The molecule has 0 fully saturated rings. The maximum atomic E-state index is 11.9. The molecular weight excluding hydrogens is 313 g/mol. The lowest BCUT2D eigenvalue weighted by Gasteiger charge is -1.98. The van der Waals surface area contributed by atoms with Gasteiger partial charge in [0.05, 0.1) is 4.92 Å². The van der Waals surface area contributed by atoms with Crippen LogP contribution in [0.1, 0.15) is 15.9 Å². The molecule has 6 heteroatoms. The lowest BCUT2D eigenvalue weighted by Crippen LogP contribution is -1.93. The number of hydrogen-bond acceptors (Lipinski definition) is 3. The Hall–Kier alpha value is -2.17. The van der Waals surface area contributed by atoms with Crippen molar-refractivity contribution in [3.05, 3.63) is 79.8 Å². The lowest BCUT2D eigenvalue weighted by molar-refractivity contribution is -0.384. The van der Waals surface area contributed by atoms with Crippen LogP contribution in [0.2, 0.25) is 10.0 Å². The highest BCUT2D eigenvalue weighted by atomic mass is 35.5. The molecule has 2 aromatic rings. The van der Waals surface area contributed by atoms with Gasteiger partial charge in [-0.15, -0.1) is 0 Å². The maximum absolute atomic E-state index is 11.9. The van der Waals surface area contributed by atoms with Crippen molar-refractivity contribution in [2.75, 3.05) is 0 Å². The van der Waals surface area contributed by atoms with Crippen LogP contribution in [-0.2, 0) is 0 Å². The van der Waals surface area contributed by atoms with Crippen LogP contribution in [0.25, 0.3) is 6.08 Å². The molecular formula is C15H9Cl2NO3. The molecule has 0 aliphatic rings. The molecule has 0 N–H and O–H groups in total. The van der Waals surface area contributed by atoms with Gasteiger partial charge in [-0.25, -0.2) is 0 Å². The lowest BCUT2D eigenvalue weighted by atomic mass is 10.1. The monoisotopic (exact) mass is 321 g/mol. The smallest absolute Gasteiger partial charge is 0.288 e. The van der Waals surface area contributed by atoms with E-state index in [2.05, 4.69) is 0 Å². The molecule has 21 heavy (non-hydrogen) atoms. The number of carbonyl (C=O) groups excluding carboxylic acids is 1. The van der Waals surface area contributed by atoms with Crippen LogP contribution >= 0.6 is 23.2 Å². The van der Waals surface area contributed by atoms with E-state index >= 15 is 0 Å². The number of halogens is 2. The van der Waals surface area contributed by atoms with E-state index in [1.54, 1.807) is 30.3 Å². The first-order chi connectivity index (χ1) is 9.97.